The molecule has 4 heteroatoms. The van der Waals surface area contributed by atoms with E-state index >= 15 is 0 Å². The molecule has 1 heterocycles. The molecule has 17 heavy (non-hydrogen) atoms. The average molecular weight is 239 g/mol. The van der Waals surface area contributed by atoms with Crippen molar-refractivity contribution < 1.29 is 4.39 Å². The smallest absolute Gasteiger partial charge is 0.170 e. The normalized spacial score (nSPS) is 12.9. The first kappa shape index (κ1) is 13.9. The van der Waals surface area contributed by atoms with Crippen molar-refractivity contribution in [2.24, 2.45) is 5.92 Å². The van der Waals surface area contributed by atoms with Gasteiger partial charge in [0.1, 0.15) is 0 Å². The molecule has 0 aromatic carbocycles. The van der Waals surface area contributed by atoms with Gasteiger partial charge in [0, 0.05) is 31.4 Å². The second-order valence-electron chi connectivity index (χ2n) is 4.73. The van der Waals surface area contributed by atoms with Crippen LogP contribution in [0.1, 0.15) is 26.3 Å². The van der Waals surface area contributed by atoms with E-state index in [4.69, 9.17) is 0 Å². The molecular formula is C13H22FN3. The minimum atomic E-state index is -0.225. The molecule has 0 aliphatic rings. The monoisotopic (exact) mass is 239 g/mol. The molecule has 1 rings (SSSR count). The maximum atomic E-state index is 14.2. The van der Waals surface area contributed by atoms with Crippen molar-refractivity contribution >= 4 is 5.82 Å². The molecule has 1 atom stereocenters. The van der Waals surface area contributed by atoms with Crippen LogP contribution < -0.4 is 10.2 Å². The zero-order valence-corrected chi connectivity index (χ0v) is 11.3. The Kier molecular flexibility index (Phi) is 4.87. The van der Waals surface area contributed by atoms with Gasteiger partial charge in [-0.15, -0.1) is 0 Å². The van der Waals surface area contributed by atoms with Gasteiger partial charge < -0.3 is 10.2 Å². The van der Waals surface area contributed by atoms with E-state index in [0.29, 0.717) is 23.8 Å². The highest BCUT2D eigenvalue weighted by Gasteiger charge is 2.19. The lowest BCUT2D eigenvalue weighted by atomic mass is 10.1. The maximum absolute atomic E-state index is 14.2. The van der Waals surface area contributed by atoms with Crippen molar-refractivity contribution in [2.75, 3.05) is 19.0 Å². The van der Waals surface area contributed by atoms with Crippen molar-refractivity contribution in [3.05, 3.63) is 23.6 Å². The van der Waals surface area contributed by atoms with Crippen molar-refractivity contribution in [2.45, 2.75) is 33.4 Å². The van der Waals surface area contributed by atoms with E-state index in [1.54, 1.807) is 19.3 Å². The van der Waals surface area contributed by atoms with E-state index in [0.717, 1.165) is 0 Å². The second-order valence-corrected chi connectivity index (χ2v) is 4.73. The highest BCUT2D eigenvalue weighted by molar-refractivity contribution is 5.43. The summed E-state index contributed by atoms with van der Waals surface area (Å²) in [4.78, 5) is 6.05. The molecule has 96 valence electrons. The second kappa shape index (κ2) is 5.96. The van der Waals surface area contributed by atoms with Crippen LogP contribution in [0.3, 0.4) is 0 Å². The molecule has 1 N–H and O–H groups in total. The highest BCUT2D eigenvalue weighted by atomic mass is 19.1. The van der Waals surface area contributed by atoms with Crippen molar-refractivity contribution in [3.63, 3.8) is 0 Å². The zero-order chi connectivity index (χ0) is 13.0. The number of rotatable bonds is 5. The fraction of sp³-hybridized carbons (Fsp3) is 0.615. The number of hydrogen-bond donors (Lipinski definition) is 1. The minimum Gasteiger partial charge on any atom is -0.354 e. The summed E-state index contributed by atoms with van der Waals surface area (Å²) in [5.41, 5.74) is 0.653. The van der Waals surface area contributed by atoms with Gasteiger partial charge in [-0.05, 0) is 26.0 Å². The van der Waals surface area contributed by atoms with Crippen LogP contribution in [0, 0.1) is 11.7 Å². The quantitative estimate of drug-likeness (QED) is 0.855. The van der Waals surface area contributed by atoms with Gasteiger partial charge in [-0.1, -0.05) is 13.8 Å². The minimum absolute atomic E-state index is 0.225. The lowest BCUT2D eigenvalue weighted by molar-refractivity contribution is 0.491. The maximum Gasteiger partial charge on any atom is 0.170 e. The lowest BCUT2D eigenvalue weighted by Crippen LogP contribution is -2.34. The summed E-state index contributed by atoms with van der Waals surface area (Å²) in [5.74, 6) is 0.657. The molecule has 0 saturated heterocycles. The van der Waals surface area contributed by atoms with Crippen LogP contribution in [0.25, 0.3) is 0 Å². The number of pyridine rings is 1. The Morgan fingerprint density at radius 1 is 1.41 bits per heavy atom. The van der Waals surface area contributed by atoms with Crippen molar-refractivity contribution in [3.8, 4) is 0 Å². The Morgan fingerprint density at radius 3 is 2.59 bits per heavy atom. The largest absolute Gasteiger partial charge is 0.354 e. The van der Waals surface area contributed by atoms with E-state index in [2.05, 4.69) is 31.1 Å². The summed E-state index contributed by atoms with van der Waals surface area (Å²) in [5, 5.41) is 2.96. The average Bonchev–Trinajstić information content (AvgIpc) is 2.30. The summed E-state index contributed by atoms with van der Waals surface area (Å²) in [6.07, 6.45) is 1.66. The van der Waals surface area contributed by atoms with E-state index in [1.165, 1.54) is 0 Å². The van der Waals surface area contributed by atoms with Crippen LogP contribution in [0.2, 0.25) is 0 Å². The van der Waals surface area contributed by atoms with E-state index < -0.39 is 0 Å². The van der Waals surface area contributed by atoms with Crippen LogP contribution in [0.5, 0.6) is 0 Å². The van der Waals surface area contributed by atoms with E-state index in [9.17, 15) is 4.39 Å². The predicted octanol–water partition coefficient (Wildman–Crippen LogP) is 2.42. The molecule has 1 aromatic heterocycles. The fourth-order valence-corrected chi connectivity index (χ4v) is 1.68. The number of nitrogens with zero attached hydrogens (tertiary/aromatic N) is 2. The molecule has 0 fully saturated rings. The van der Waals surface area contributed by atoms with E-state index in [1.807, 2.05) is 11.9 Å². The lowest BCUT2D eigenvalue weighted by Gasteiger charge is -2.29. The number of hydrogen-bond acceptors (Lipinski definition) is 3. The van der Waals surface area contributed by atoms with Crippen LogP contribution in [-0.4, -0.2) is 25.1 Å². The van der Waals surface area contributed by atoms with Crippen LogP contribution in [0.15, 0.2) is 12.3 Å². The zero-order valence-electron chi connectivity index (χ0n) is 11.3. The molecule has 0 spiro atoms. The summed E-state index contributed by atoms with van der Waals surface area (Å²) in [6, 6.07) is 1.96. The molecular weight excluding hydrogens is 217 g/mol. The molecule has 3 nitrogen and oxygen atoms in total. The van der Waals surface area contributed by atoms with E-state index in [-0.39, 0.29) is 11.9 Å². The Labute approximate surface area is 103 Å². The van der Waals surface area contributed by atoms with Crippen LogP contribution in [0.4, 0.5) is 10.2 Å². The SMILES string of the molecule is CNCc1ccnc(N(C)C(C)C(C)C)c1F. The number of aromatic nitrogens is 1. The highest BCUT2D eigenvalue weighted by Crippen LogP contribution is 2.22. The van der Waals surface area contributed by atoms with Gasteiger partial charge >= 0.3 is 0 Å². The predicted molar refractivity (Wildman–Crippen MR) is 69.7 cm³/mol. The standard InChI is InChI=1S/C13H22FN3/c1-9(2)10(3)17(5)13-12(14)11(8-15-4)6-7-16-13/h6-7,9-10,15H,8H2,1-5H3. The van der Waals surface area contributed by atoms with Gasteiger partial charge in [0.05, 0.1) is 0 Å². The third-order valence-electron chi connectivity index (χ3n) is 3.23. The van der Waals surface area contributed by atoms with Crippen LogP contribution in [-0.2, 0) is 6.54 Å². The van der Waals surface area contributed by atoms with Gasteiger partial charge in [-0.25, -0.2) is 9.37 Å². The van der Waals surface area contributed by atoms with Gasteiger partial charge in [-0.3, -0.25) is 0 Å². The molecule has 1 unspecified atom stereocenters. The molecule has 0 bridgehead atoms. The van der Waals surface area contributed by atoms with Gasteiger partial charge in [0.15, 0.2) is 11.6 Å². The summed E-state index contributed by atoms with van der Waals surface area (Å²) in [7, 11) is 3.69. The number of halogens is 1. The first-order valence-corrected chi connectivity index (χ1v) is 5.99. The first-order valence-electron chi connectivity index (χ1n) is 5.99. The third kappa shape index (κ3) is 3.16. The summed E-state index contributed by atoms with van der Waals surface area (Å²) >= 11 is 0. The van der Waals surface area contributed by atoms with Gasteiger partial charge in [0.25, 0.3) is 0 Å². The molecule has 0 saturated carbocycles. The van der Waals surface area contributed by atoms with Gasteiger partial charge in [-0.2, -0.15) is 0 Å². The third-order valence-corrected chi connectivity index (χ3v) is 3.23. The summed E-state index contributed by atoms with van der Waals surface area (Å²) < 4.78 is 14.2. The Balaban J connectivity index is 3.01. The Bertz CT molecular complexity index is 366. The Hall–Kier alpha value is -1.16. The first-order chi connectivity index (χ1) is 7.99. The topological polar surface area (TPSA) is 28.2 Å². The van der Waals surface area contributed by atoms with Crippen LogP contribution >= 0.6 is 0 Å². The summed E-state index contributed by atoms with van der Waals surface area (Å²) in [6.45, 7) is 6.84. The fourth-order valence-electron chi connectivity index (χ4n) is 1.68. The molecule has 0 radical (unpaired) electrons. The number of anilines is 1. The van der Waals surface area contributed by atoms with Crippen molar-refractivity contribution in [1.29, 1.82) is 0 Å². The molecule has 0 aliphatic carbocycles. The number of nitrogens with one attached hydrogen (secondary N) is 1. The molecule has 0 amide bonds. The Morgan fingerprint density at radius 2 is 2.06 bits per heavy atom. The molecule has 0 aliphatic heterocycles. The van der Waals surface area contributed by atoms with Crippen molar-refractivity contribution in [1.82, 2.24) is 10.3 Å². The molecule has 1 aromatic rings. The van der Waals surface area contributed by atoms with Gasteiger partial charge in [0.2, 0.25) is 0 Å².